The highest BCUT2D eigenvalue weighted by molar-refractivity contribution is 5.36. The molecule has 0 saturated carbocycles. The number of aliphatic hydroxyl groups excluding tert-OH is 1. The third-order valence-corrected chi connectivity index (χ3v) is 3.71. The van der Waals surface area contributed by atoms with Crippen molar-refractivity contribution in [3.05, 3.63) is 70.8 Å². The third kappa shape index (κ3) is 3.22. The average molecular weight is 255 g/mol. The van der Waals surface area contributed by atoms with Gasteiger partial charge in [0.25, 0.3) is 0 Å². The number of benzene rings is 2. The fourth-order valence-corrected chi connectivity index (χ4v) is 2.32. The second kappa shape index (κ2) is 6.00. The Morgan fingerprint density at radius 2 is 1.68 bits per heavy atom. The number of aliphatic hydroxyl groups is 1. The van der Waals surface area contributed by atoms with Crippen LogP contribution < -0.4 is 5.73 Å². The summed E-state index contributed by atoms with van der Waals surface area (Å²) in [6, 6.07) is 15.7. The van der Waals surface area contributed by atoms with E-state index in [1.165, 1.54) is 11.1 Å². The molecule has 100 valence electrons. The summed E-state index contributed by atoms with van der Waals surface area (Å²) >= 11 is 0. The second-order valence-electron chi connectivity index (χ2n) is 5.07. The number of nitrogens with two attached hydrogens (primary N) is 1. The Bertz CT molecular complexity index is 536. The summed E-state index contributed by atoms with van der Waals surface area (Å²) in [5.41, 5.74) is 10.7. The van der Waals surface area contributed by atoms with Crippen LogP contribution in [-0.4, -0.2) is 11.2 Å². The van der Waals surface area contributed by atoms with E-state index in [1.807, 2.05) is 42.5 Å². The molecule has 0 fully saturated rings. The molecule has 0 aromatic heterocycles. The summed E-state index contributed by atoms with van der Waals surface area (Å²) < 4.78 is 0. The Labute approximate surface area is 114 Å². The molecule has 0 bridgehead atoms. The van der Waals surface area contributed by atoms with Gasteiger partial charge < -0.3 is 10.8 Å². The molecular formula is C17H21NO. The van der Waals surface area contributed by atoms with Crippen LogP contribution in [0.5, 0.6) is 0 Å². The number of hydrogen-bond donors (Lipinski definition) is 2. The molecule has 0 amide bonds. The van der Waals surface area contributed by atoms with E-state index in [9.17, 15) is 5.11 Å². The Hall–Kier alpha value is -1.64. The van der Waals surface area contributed by atoms with Crippen LogP contribution in [0.15, 0.2) is 48.5 Å². The topological polar surface area (TPSA) is 46.2 Å². The zero-order chi connectivity index (χ0) is 13.8. The van der Waals surface area contributed by atoms with Gasteiger partial charge in [0.2, 0.25) is 0 Å². The minimum atomic E-state index is -0.567. The van der Waals surface area contributed by atoms with E-state index in [4.69, 9.17) is 5.73 Å². The van der Waals surface area contributed by atoms with E-state index in [0.29, 0.717) is 6.42 Å². The lowest BCUT2D eigenvalue weighted by Crippen LogP contribution is -2.28. The SMILES string of the molecule is Cc1cccc([C@@H](N)[C@@H](O)Cc2ccccc2)c1C. The fourth-order valence-electron chi connectivity index (χ4n) is 2.32. The normalized spacial score (nSPS) is 14.1. The largest absolute Gasteiger partial charge is 0.391 e. The predicted molar refractivity (Wildman–Crippen MR) is 79.0 cm³/mol. The number of rotatable bonds is 4. The van der Waals surface area contributed by atoms with Gasteiger partial charge >= 0.3 is 0 Å². The molecule has 0 aliphatic rings. The van der Waals surface area contributed by atoms with Gasteiger partial charge in [-0.3, -0.25) is 0 Å². The van der Waals surface area contributed by atoms with Crippen LogP contribution in [0.3, 0.4) is 0 Å². The highest BCUT2D eigenvalue weighted by Crippen LogP contribution is 2.23. The summed E-state index contributed by atoms with van der Waals surface area (Å²) in [6.45, 7) is 4.12. The highest BCUT2D eigenvalue weighted by Gasteiger charge is 2.19. The van der Waals surface area contributed by atoms with Crippen molar-refractivity contribution in [2.24, 2.45) is 5.73 Å². The van der Waals surface area contributed by atoms with Crippen molar-refractivity contribution >= 4 is 0 Å². The van der Waals surface area contributed by atoms with Crippen LogP contribution in [0.25, 0.3) is 0 Å². The first-order valence-electron chi connectivity index (χ1n) is 6.63. The number of aryl methyl sites for hydroxylation is 1. The molecule has 0 aliphatic heterocycles. The molecule has 0 spiro atoms. The van der Waals surface area contributed by atoms with Gasteiger partial charge in [-0.05, 0) is 36.1 Å². The van der Waals surface area contributed by atoms with Crippen LogP contribution >= 0.6 is 0 Å². The molecule has 2 aromatic carbocycles. The Kier molecular flexibility index (Phi) is 4.35. The van der Waals surface area contributed by atoms with Crippen molar-refractivity contribution in [2.45, 2.75) is 32.4 Å². The Morgan fingerprint density at radius 3 is 2.37 bits per heavy atom. The summed E-state index contributed by atoms with van der Waals surface area (Å²) in [7, 11) is 0. The van der Waals surface area contributed by atoms with Gasteiger partial charge in [-0.15, -0.1) is 0 Å². The van der Waals surface area contributed by atoms with Gasteiger partial charge in [-0.25, -0.2) is 0 Å². The lowest BCUT2D eigenvalue weighted by Gasteiger charge is -2.22. The van der Waals surface area contributed by atoms with Crippen LogP contribution in [-0.2, 0) is 6.42 Å². The minimum absolute atomic E-state index is 0.347. The summed E-state index contributed by atoms with van der Waals surface area (Å²) in [5, 5.41) is 10.3. The Balaban J connectivity index is 2.15. The Morgan fingerprint density at radius 1 is 1.00 bits per heavy atom. The third-order valence-electron chi connectivity index (χ3n) is 3.71. The molecule has 3 N–H and O–H groups in total. The van der Waals surface area contributed by atoms with Gasteiger partial charge in [0.05, 0.1) is 12.1 Å². The molecule has 2 rings (SSSR count). The van der Waals surface area contributed by atoms with Crippen LogP contribution in [0.2, 0.25) is 0 Å². The van der Waals surface area contributed by atoms with E-state index in [0.717, 1.165) is 11.1 Å². The lowest BCUT2D eigenvalue weighted by atomic mass is 9.92. The molecule has 0 saturated heterocycles. The van der Waals surface area contributed by atoms with Crippen molar-refractivity contribution in [3.63, 3.8) is 0 Å². The zero-order valence-electron chi connectivity index (χ0n) is 11.5. The smallest absolute Gasteiger partial charge is 0.0773 e. The van der Waals surface area contributed by atoms with Crippen LogP contribution in [0.4, 0.5) is 0 Å². The van der Waals surface area contributed by atoms with Gasteiger partial charge in [-0.1, -0.05) is 48.5 Å². The first kappa shape index (κ1) is 13.8. The highest BCUT2D eigenvalue weighted by atomic mass is 16.3. The molecule has 0 radical (unpaired) electrons. The van der Waals surface area contributed by atoms with Crippen molar-refractivity contribution in [1.82, 2.24) is 0 Å². The van der Waals surface area contributed by atoms with Crippen molar-refractivity contribution < 1.29 is 5.11 Å². The molecule has 0 aliphatic carbocycles. The molecule has 2 nitrogen and oxygen atoms in total. The van der Waals surface area contributed by atoms with E-state index < -0.39 is 6.10 Å². The van der Waals surface area contributed by atoms with Gasteiger partial charge in [0.15, 0.2) is 0 Å². The van der Waals surface area contributed by atoms with E-state index >= 15 is 0 Å². The molecule has 0 unspecified atom stereocenters. The maximum atomic E-state index is 10.3. The van der Waals surface area contributed by atoms with Gasteiger partial charge in [-0.2, -0.15) is 0 Å². The lowest BCUT2D eigenvalue weighted by molar-refractivity contribution is 0.145. The van der Waals surface area contributed by atoms with E-state index in [1.54, 1.807) is 0 Å². The molecule has 2 aromatic rings. The van der Waals surface area contributed by atoms with Crippen LogP contribution in [0, 0.1) is 13.8 Å². The van der Waals surface area contributed by atoms with Gasteiger partial charge in [0.1, 0.15) is 0 Å². The van der Waals surface area contributed by atoms with Crippen molar-refractivity contribution in [3.8, 4) is 0 Å². The quantitative estimate of drug-likeness (QED) is 0.882. The zero-order valence-corrected chi connectivity index (χ0v) is 11.5. The van der Waals surface area contributed by atoms with Gasteiger partial charge in [0, 0.05) is 6.42 Å². The number of hydrogen-bond acceptors (Lipinski definition) is 2. The molecule has 19 heavy (non-hydrogen) atoms. The minimum Gasteiger partial charge on any atom is -0.391 e. The molecule has 2 heteroatoms. The summed E-state index contributed by atoms with van der Waals surface area (Å²) in [6.07, 6.45) is 0.0120. The predicted octanol–water partition coefficient (Wildman–Crippen LogP) is 2.91. The first-order valence-corrected chi connectivity index (χ1v) is 6.63. The first-order chi connectivity index (χ1) is 9.09. The van der Waals surface area contributed by atoms with E-state index in [2.05, 4.69) is 19.9 Å². The fraction of sp³-hybridized carbons (Fsp3) is 0.294. The van der Waals surface area contributed by atoms with E-state index in [-0.39, 0.29) is 6.04 Å². The van der Waals surface area contributed by atoms with Crippen LogP contribution in [0.1, 0.15) is 28.3 Å². The van der Waals surface area contributed by atoms with Crippen molar-refractivity contribution in [2.75, 3.05) is 0 Å². The maximum absolute atomic E-state index is 10.3. The molecular weight excluding hydrogens is 234 g/mol. The summed E-state index contributed by atoms with van der Waals surface area (Å²) in [4.78, 5) is 0. The maximum Gasteiger partial charge on any atom is 0.0773 e. The second-order valence-corrected chi connectivity index (χ2v) is 5.07. The molecule has 2 atom stereocenters. The summed E-state index contributed by atoms with van der Waals surface area (Å²) in [5.74, 6) is 0. The monoisotopic (exact) mass is 255 g/mol. The molecule has 0 heterocycles. The average Bonchev–Trinajstić information content (AvgIpc) is 2.42. The van der Waals surface area contributed by atoms with Crippen molar-refractivity contribution in [1.29, 1.82) is 0 Å². The standard InChI is InChI=1S/C17H21NO/c1-12-7-6-10-15(13(12)2)17(18)16(19)11-14-8-4-3-5-9-14/h3-10,16-17,19H,11,18H2,1-2H3/t16-,17+/m0/s1.